The van der Waals surface area contributed by atoms with E-state index in [1.807, 2.05) is 17.6 Å². The minimum absolute atomic E-state index is 0.383. The molecule has 2 rings (SSSR count). The van der Waals surface area contributed by atoms with E-state index in [1.165, 1.54) is 0 Å². The lowest BCUT2D eigenvalue weighted by Crippen LogP contribution is -2.14. The van der Waals surface area contributed by atoms with Crippen LogP contribution < -0.4 is 5.73 Å². The Labute approximate surface area is 120 Å². The van der Waals surface area contributed by atoms with Gasteiger partial charge in [-0.15, -0.1) is 0 Å². The Bertz CT molecular complexity index is 559. The maximum absolute atomic E-state index is 5.94. The average molecular weight is 308 g/mol. The van der Waals surface area contributed by atoms with Crippen LogP contribution in [0.25, 0.3) is 11.2 Å². The van der Waals surface area contributed by atoms with Crippen molar-refractivity contribution >= 4 is 46.0 Å². The topological polar surface area (TPSA) is 56.7 Å². The Hall–Kier alpha value is -0.550. The third-order valence-electron chi connectivity index (χ3n) is 2.56. The van der Waals surface area contributed by atoms with Crippen LogP contribution in [-0.2, 0) is 10.3 Å². The zero-order valence-electron chi connectivity index (χ0n) is 9.83. The van der Waals surface area contributed by atoms with Gasteiger partial charge in [-0.2, -0.15) is 0 Å². The number of aryl methyl sites for hydroxylation is 2. The van der Waals surface area contributed by atoms with E-state index in [0.717, 1.165) is 23.1 Å². The molecule has 0 fully saturated rings. The number of halogens is 3. The molecule has 2 heterocycles. The fourth-order valence-electron chi connectivity index (χ4n) is 1.79. The van der Waals surface area contributed by atoms with Crippen molar-refractivity contribution in [1.29, 1.82) is 0 Å². The van der Waals surface area contributed by atoms with E-state index >= 15 is 0 Å². The third kappa shape index (κ3) is 2.72. The van der Waals surface area contributed by atoms with Crippen LogP contribution in [0.1, 0.15) is 17.8 Å². The van der Waals surface area contributed by atoms with Crippen LogP contribution in [0.3, 0.4) is 0 Å². The molecule has 18 heavy (non-hydrogen) atoms. The molecule has 2 aromatic heterocycles. The second-order valence-corrected chi connectivity index (χ2v) is 6.36. The number of pyridine rings is 1. The quantitative estimate of drug-likeness (QED) is 0.887. The summed E-state index contributed by atoms with van der Waals surface area (Å²) in [6.45, 7) is 3.14. The number of imidazole rings is 1. The van der Waals surface area contributed by atoms with Gasteiger partial charge in [0.2, 0.25) is 3.79 Å². The molecule has 2 aromatic rings. The molecule has 0 aliphatic heterocycles. The van der Waals surface area contributed by atoms with E-state index in [9.17, 15) is 0 Å². The molecule has 0 saturated heterocycles. The summed E-state index contributed by atoms with van der Waals surface area (Å²) >= 11 is 17.8. The van der Waals surface area contributed by atoms with Crippen LogP contribution in [0.2, 0.25) is 0 Å². The van der Waals surface area contributed by atoms with Gasteiger partial charge in [-0.3, -0.25) is 0 Å². The van der Waals surface area contributed by atoms with Gasteiger partial charge >= 0.3 is 0 Å². The Kier molecular flexibility index (Phi) is 4.02. The highest BCUT2D eigenvalue weighted by Crippen LogP contribution is 2.38. The van der Waals surface area contributed by atoms with E-state index in [1.54, 1.807) is 6.20 Å². The van der Waals surface area contributed by atoms with Gasteiger partial charge in [-0.1, -0.05) is 34.8 Å². The largest absolute Gasteiger partial charge is 0.330 e. The molecule has 0 saturated carbocycles. The molecule has 0 amide bonds. The lowest BCUT2D eigenvalue weighted by Gasteiger charge is -2.13. The highest BCUT2D eigenvalue weighted by molar-refractivity contribution is 6.66. The van der Waals surface area contributed by atoms with Gasteiger partial charge in [-0.25, -0.2) is 9.97 Å². The summed E-state index contributed by atoms with van der Waals surface area (Å²) in [7, 11) is 0. The minimum atomic E-state index is -1.57. The molecule has 4 nitrogen and oxygen atoms in total. The molecule has 0 aliphatic rings. The van der Waals surface area contributed by atoms with E-state index < -0.39 is 3.79 Å². The lowest BCUT2D eigenvalue weighted by atomic mass is 10.3. The number of fused-ring (bicyclic) bond motifs is 1. The first-order valence-electron chi connectivity index (χ1n) is 5.53. The predicted molar refractivity (Wildman–Crippen MR) is 75.2 cm³/mol. The number of nitrogens with zero attached hydrogens (tertiary/aromatic N) is 3. The van der Waals surface area contributed by atoms with E-state index in [0.29, 0.717) is 18.9 Å². The Morgan fingerprint density at radius 1 is 1.39 bits per heavy atom. The van der Waals surface area contributed by atoms with Crippen molar-refractivity contribution in [1.82, 2.24) is 14.5 Å². The van der Waals surface area contributed by atoms with Crippen molar-refractivity contribution in [3.8, 4) is 0 Å². The molecular formula is C11H13Cl3N4. The number of aromatic nitrogens is 3. The summed E-state index contributed by atoms with van der Waals surface area (Å²) in [5, 5.41) is 0. The number of hydrogen-bond acceptors (Lipinski definition) is 3. The molecule has 0 aliphatic carbocycles. The highest BCUT2D eigenvalue weighted by atomic mass is 35.6. The van der Waals surface area contributed by atoms with Crippen molar-refractivity contribution < 1.29 is 0 Å². The molecule has 7 heteroatoms. The van der Waals surface area contributed by atoms with E-state index in [-0.39, 0.29) is 0 Å². The lowest BCUT2D eigenvalue weighted by molar-refractivity contribution is 0.633. The normalized spacial score (nSPS) is 12.3. The number of nitrogens with two attached hydrogens (primary N) is 1. The summed E-state index contributed by atoms with van der Waals surface area (Å²) in [5.74, 6) is 0.383. The van der Waals surface area contributed by atoms with Gasteiger partial charge in [0.25, 0.3) is 0 Å². The molecule has 0 atom stereocenters. The smallest absolute Gasteiger partial charge is 0.248 e. The minimum Gasteiger partial charge on any atom is -0.330 e. The SMILES string of the molecule is Cc1cnc2c(c1)nc(C(Cl)(Cl)Cl)n2CCCN. The molecule has 0 spiro atoms. The summed E-state index contributed by atoms with van der Waals surface area (Å²) in [6.07, 6.45) is 2.54. The van der Waals surface area contributed by atoms with Crippen LogP contribution in [-0.4, -0.2) is 21.1 Å². The van der Waals surface area contributed by atoms with Crippen molar-refractivity contribution in [3.63, 3.8) is 0 Å². The predicted octanol–water partition coefficient (Wildman–Crippen LogP) is 2.92. The first-order valence-corrected chi connectivity index (χ1v) is 6.67. The first-order chi connectivity index (χ1) is 8.43. The maximum Gasteiger partial charge on any atom is 0.248 e. The molecule has 2 N–H and O–H groups in total. The Morgan fingerprint density at radius 2 is 2.11 bits per heavy atom. The fraction of sp³-hybridized carbons (Fsp3) is 0.455. The Balaban J connectivity index is 2.60. The van der Waals surface area contributed by atoms with Gasteiger partial charge in [-0.05, 0) is 31.5 Å². The van der Waals surface area contributed by atoms with Gasteiger partial charge in [0, 0.05) is 12.7 Å². The van der Waals surface area contributed by atoms with Crippen LogP contribution in [0.5, 0.6) is 0 Å². The first kappa shape index (κ1) is 13.9. The van der Waals surface area contributed by atoms with Crippen molar-refractivity contribution in [2.75, 3.05) is 6.54 Å². The zero-order valence-corrected chi connectivity index (χ0v) is 12.1. The second kappa shape index (κ2) is 5.21. The molecule has 0 bridgehead atoms. The van der Waals surface area contributed by atoms with Gasteiger partial charge in [0.1, 0.15) is 5.52 Å². The Morgan fingerprint density at radius 3 is 2.72 bits per heavy atom. The maximum atomic E-state index is 5.94. The fourth-order valence-corrected chi connectivity index (χ4v) is 2.22. The highest BCUT2D eigenvalue weighted by Gasteiger charge is 2.30. The summed E-state index contributed by atoms with van der Waals surface area (Å²) < 4.78 is 0.248. The average Bonchev–Trinajstić information content (AvgIpc) is 2.63. The molecular weight excluding hydrogens is 295 g/mol. The summed E-state index contributed by atoms with van der Waals surface area (Å²) in [6, 6.07) is 1.92. The van der Waals surface area contributed by atoms with E-state index in [4.69, 9.17) is 40.5 Å². The van der Waals surface area contributed by atoms with Crippen LogP contribution in [0.15, 0.2) is 12.3 Å². The van der Waals surface area contributed by atoms with Crippen LogP contribution in [0, 0.1) is 6.92 Å². The summed E-state index contributed by atoms with van der Waals surface area (Å²) in [5.41, 5.74) is 7.98. The number of alkyl halides is 3. The van der Waals surface area contributed by atoms with Gasteiger partial charge in [0.15, 0.2) is 11.5 Å². The molecule has 0 unspecified atom stereocenters. The van der Waals surface area contributed by atoms with Crippen molar-refractivity contribution in [2.24, 2.45) is 5.73 Å². The molecule has 0 aromatic carbocycles. The second-order valence-electron chi connectivity index (χ2n) is 4.08. The number of rotatable bonds is 3. The standard InChI is InChI=1S/C11H13Cl3N4/c1-7-5-8-9(16-6-7)18(4-2-3-15)10(17-8)11(12,13)14/h5-6H,2-4,15H2,1H3. The van der Waals surface area contributed by atoms with Crippen LogP contribution in [0.4, 0.5) is 0 Å². The van der Waals surface area contributed by atoms with E-state index in [2.05, 4.69) is 9.97 Å². The van der Waals surface area contributed by atoms with Gasteiger partial charge < -0.3 is 10.3 Å². The number of hydrogen-bond donors (Lipinski definition) is 1. The third-order valence-corrected chi connectivity index (χ3v) is 3.07. The zero-order chi connectivity index (χ0) is 13.3. The molecule has 0 radical (unpaired) electrons. The van der Waals surface area contributed by atoms with Crippen molar-refractivity contribution in [3.05, 3.63) is 23.7 Å². The monoisotopic (exact) mass is 306 g/mol. The molecule has 98 valence electrons. The van der Waals surface area contributed by atoms with Gasteiger partial charge in [0.05, 0.1) is 0 Å². The summed E-state index contributed by atoms with van der Waals surface area (Å²) in [4.78, 5) is 8.71. The van der Waals surface area contributed by atoms with Crippen molar-refractivity contribution in [2.45, 2.75) is 23.7 Å². The van der Waals surface area contributed by atoms with Crippen LogP contribution >= 0.6 is 34.8 Å².